The zero-order valence-electron chi connectivity index (χ0n) is 12.1. The average Bonchev–Trinajstić information content (AvgIpc) is 2.63. The van der Waals surface area contributed by atoms with Crippen LogP contribution in [0.25, 0.3) is 0 Å². The van der Waals surface area contributed by atoms with Gasteiger partial charge >= 0.3 is 0 Å². The monoisotopic (exact) mass is 264 g/mol. The molecule has 0 saturated carbocycles. The molecule has 0 saturated heterocycles. The molecule has 2 rings (SSSR count). The lowest BCUT2D eigenvalue weighted by Crippen LogP contribution is -2.22. The topological polar surface area (TPSA) is 33.7 Å². The van der Waals surface area contributed by atoms with Crippen LogP contribution in [-0.2, 0) is 0 Å². The molecule has 0 amide bonds. The van der Waals surface area contributed by atoms with Crippen molar-refractivity contribution in [2.75, 3.05) is 40.9 Å². The van der Waals surface area contributed by atoms with Crippen LogP contribution < -0.4 is 14.8 Å². The molecule has 1 aliphatic rings. The molecule has 1 aliphatic heterocycles. The summed E-state index contributed by atoms with van der Waals surface area (Å²) in [6.07, 6.45) is 2.02. The average molecular weight is 264 g/mol. The van der Waals surface area contributed by atoms with E-state index in [9.17, 15) is 0 Å². The van der Waals surface area contributed by atoms with Gasteiger partial charge < -0.3 is 19.7 Å². The van der Waals surface area contributed by atoms with Gasteiger partial charge in [0, 0.05) is 12.5 Å². The van der Waals surface area contributed by atoms with E-state index in [1.165, 1.54) is 5.56 Å². The van der Waals surface area contributed by atoms with Gasteiger partial charge in [-0.25, -0.2) is 0 Å². The quantitative estimate of drug-likeness (QED) is 0.882. The SMILES string of the molecule is CNC(CCN(C)C)c1ccc2c(c1)OCCCO2. The maximum atomic E-state index is 5.75. The molecule has 106 valence electrons. The highest BCUT2D eigenvalue weighted by Crippen LogP contribution is 2.32. The second kappa shape index (κ2) is 6.78. The van der Waals surface area contributed by atoms with Crippen molar-refractivity contribution in [1.29, 1.82) is 0 Å². The summed E-state index contributed by atoms with van der Waals surface area (Å²) in [6, 6.07) is 6.61. The van der Waals surface area contributed by atoms with Crippen molar-refractivity contribution in [1.82, 2.24) is 10.2 Å². The van der Waals surface area contributed by atoms with Crippen molar-refractivity contribution in [2.45, 2.75) is 18.9 Å². The first-order valence-corrected chi connectivity index (χ1v) is 6.92. The van der Waals surface area contributed by atoms with Crippen molar-refractivity contribution >= 4 is 0 Å². The summed E-state index contributed by atoms with van der Waals surface area (Å²) >= 11 is 0. The number of hydrogen-bond donors (Lipinski definition) is 1. The van der Waals surface area contributed by atoms with Crippen LogP contribution in [0.4, 0.5) is 0 Å². The van der Waals surface area contributed by atoms with E-state index in [2.05, 4.69) is 36.4 Å². The molecule has 1 atom stereocenters. The minimum atomic E-state index is 0.347. The van der Waals surface area contributed by atoms with Crippen molar-refractivity contribution < 1.29 is 9.47 Å². The third-order valence-electron chi connectivity index (χ3n) is 3.39. The van der Waals surface area contributed by atoms with Gasteiger partial charge in [0.15, 0.2) is 11.5 Å². The number of fused-ring (bicyclic) bond motifs is 1. The fourth-order valence-electron chi connectivity index (χ4n) is 2.26. The molecule has 0 bridgehead atoms. The third kappa shape index (κ3) is 3.85. The lowest BCUT2D eigenvalue weighted by atomic mass is 10.0. The summed E-state index contributed by atoms with van der Waals surface area (Å²) in [6.45, 7) is 2.53. The Kier molecular flexibility index (Phi) is 5.05. The van der Waals surface area contributed by atoms with Gasteiger partial charge in [0.25, 0.3) is 0 Å². The molecule has 4 heteroatoms. The second-order valence-corrected chi connectivity index (χ2v) is 5.19. The summed E-state index contributed by atoms with van der Waals surface area (Å²) in [5.41, 5.74) is 1.26. The third-order valence-corrected chi connectivity index (χ3v) is 3.39. The Morgan fingerprint density at radius 1 is 1.21 bits per heavy atom. The molecule has 1 aromatic rings. The molecule has 0 aliphatic carbocycles. The van der Waals surface area contributed by atoms with E-state index in [1.54, 1.807) is 0 Å². The lowest BCUT2D eigenvalue weighted by Gasteiger charge is -2.20. The first kappa shape index (κ1) is 14.2. The lowest BCUT2D eigenvalue weighted by molar-refractivity contribution is 0.297. The maximum Gasteiger partial charge on any atom is 0.161 e. The minimum absolute atomic E-state index is 0.347. The van der Waals surface area contributed by atoms with Gasteiger partial charge in [0.1, 0.15) is 0 Å². The molecule has 1 aromatic carbocycles. The Hall–Kier alpha value is -1.26. The fraction of sp³-hybridized carbons (Fsp3) is 0.600. The summed E-state index contributed by atoms with van der Waals surface area (Å²) in [7, 11) is 6.20. The first-order chi connectivity index (χ1) is 9.20. The predicted molar refractivity (Wildman–Crippen MR) is 77.0 cm³/mol. The van der Waals surface area contributed by atoms with Gasteiger partial charge in [0.05, 0.1) is 13.2 Å². The minimum Gasteiger partial charge on any atom is -0.490 e. The molecule has 0 radical (unpaired) electrons. The Morgan fingerprint density at radius 3 is 2.63 bits per heavy atom. The van der Waals surface area contributed by atoms with E-state index in [0.29, 0.717) is 6.04 Å². The smallest absolute Gasteiger partial charge is 0.161 e. The summed E-state index contributed by atoms with van der Waals surface area (Å²) in [5, 5.41) is 3.37. The maximum absolute atomic E-state index is 5.75. The van der Waals surface area contributed by atoms with Crippen molar-refractivity contribution in [3.63, 3.8) is 0 Å². The van der Waals surface area contributed by atoms with Gasteiger partial charge in [-0.1, -0.05) is 6.07 Å². The van der Waals surface area contributed by atoms with Crippen LogP contribution in [0.5, 0.6) is 11.5 Å². The fourth-order valence-corrected chi connectivity index (χ4v) is 2.26. The summed E-state index contributed by atoms with van der Waals surface area (Å²) < 4.78 is 11.4. The number of rotatable bonds is 5. The molecule has 0 fully saturated rings. The number of hydrogen-bond acceptors (Lipinski definition) is 4. The van der Waals surface area contributed by atoms with E-state index in [-0.39, 0.29) is 0 Å². The Balaban J connectivity index is 2.12. The summed E-state index contributed by atoms with van der Waals surface area (Å²) in [5.74, 6) is 1.74. The van der Waals surface area contributed by atoms with Crippen molar-refractivity contribution in [2.24, 2.45) is 0 Å². The van der Waals surface area contributed by atoms with Gasteiger partial charge in [0.2, 0.25) is 0 Å². The normalized spacial score (nSPS) is 16.2. The van der Waals surface area contributed by atoms with Crippen LogP contribution in [0.3, 0.4) is 0 Å². The van der Waals surface area contributed by atoms with Gasteiger partial charge in [-0.2, -0.15) is 0 Å². The molecule has 4 nitrogen and oxygen atoms in total. The van der Waals surface area contributed by atoms with Crippen LogP contribution in [0.1, 0.15) is 24.4 Å². The number of nitrogens with one attached hydrogen (secondary N) is 1. The largest absolute Gasteiger partial charge is 0.490 e. The van der Waals surface area contributed by atoms with E-state index < -0.39 is 0 Å². The molecule has 1 N–H and O–H groups in total. The van der Waals surface area contributed by atoms with E-state index in [4.69, 9.17) is 9.47 Å². The number of benzene rings is 1. The van der Waals surface area contributed by atoms with E-state index in [0.717, 1.165) is 44.1 Å². The second-order valence-electron chi connectivity index (χ2n) is 5.19. The molecule has 19 heavy (non-hydrogen) atoms. The molecular weight excluding hydrogens is 240 g/mol. The number of nitrogens with zero attached hydrogens (tertiary/aromatic N) is 1. The van der Waals surface area contributed by atoms with Crippen molar-refractivity contribution in [3.8, 4) is 11.5 Å². The highest BCUT2D eigenvalue weighted by Gasteiger charge is 2.15. The molecule has 1 heterocycles. The first-order valence-electron chi connectivity index (χ1n) is 6.92. The highest BCUT2D eigenvalue weighted by atomic mass is 16.5. The Labute approximate surface area is 115 Å². The molecule has 1 unspecified atom stereocenters. The zero-order valence-corrected chi connectivity index (χ0v) is 12.1. The molecular formula is C15H24N2O2. The van der Waals surface area contributed by atoms with Crippen molar-refractivity contribution in [3.05, 3.63) is 23.8 Å². The molecule has 0 spiro atoms. The Bertz CT molecular complexity index is 407. The standard InChI is InChI=1S/C15H24N2O2/c1-16-13(7-8-17(2)3)12-5-6-14-15(11-12)19-10-4-9-18-14/h5-6,11,13,16H,4,7-10H2,1-3H3. The Morgan fingerprint density at radius 2 is 1.95 bits per heavy atom. The predicted octanol–water partition coefficient (Wildman–Crippen LogP) is 2.06. The zero-order chi connectivity index (χ0) is 13.7. The van der Waals surface area contributed by atoms with Crippen LogP contribution in [-0.4, -0.2) is 45.8 Å². The van der Waals surface area contributed by atoms with Crippen LogP contribution in [0.2, 0.25) is 0 Å². The van der Waals surface area contributed by atoms with Crippen LogP contribution in [0, 0.1) is 0 Å². The number of ether oxygens (including phenoxy) is 2. The van der Waals surface area contributed by atoms with Gasteiger partial charge in [-0.15, -0.1) is 0 Å². The van der Waals surface area contributed by atoms with Gasteiger partial charge in [-0.05, 0) is 51.8 Å². The van der Waals surface area contributed by atoms with Crippen LogP contribution in [0.15, 0.2) is 18.2 Å². The van der Waals surface area contributed by atoms with E-state index >= 15 is 0 Å². The summed E-state index contributed by atoms with van der Waals surface area (Å²) in [4.78, 5) is 2.20. The van der Waals surface area contributed by atoms with E-state index in [1.807, 2.05) is 13.1 Å². The molecule has 0 aromatic heterocycles. The van der Waals surface area contributed by atoms with Gasteiger partial charge in [-0.3, -0.25) is 0 Å². The highest BCUT2D eigenvalue weighted by molar-refractivity contribution is 5.44. The van der Waals surface area contributed by atoms with Crippen LogP contribution >= 0.6 is 0 Å².